The zero-order valence-corrected chi connectivity index (χ0v) is 20.2. The van der Waals surface area contributed by atoms with E-state index in [0.717, 1.165) is 37.0 Å². The minimum Gasteiger partial charge on any atom is -0.493 e. The predicted molar refractivity (Wildman–Crippen MR) is 124 cm³/mol. The molecule has 12 heteroatoms. The summed E-state index contributed by atoms with van der Waals surface area (Å²) in [5.74, 6) is -1.48. The average Bonchev–Trinajstić information content (AvgIpc) is 3.61. The van der Waals surface area contributed by atoms with Crippen LogP contribution in [0.5, 0.6) is 5.75 Å². The largest absolute Gasteiger partial charge is 0.493 e. The number of nitrogens with zero attached hydrogens (tertiary/aromatic N) is 2. The van der Waals surface area contributed by atoms with E-state index in [4.69, 9.17) is 20.4 Å². The summed E-state index contributed by atoms with van der Waals surface area (Å²) < 4.78 is 37.4. The van der Waals surface area contributed by atoms with Gasteiger partial charge in [0.1, 0.15) is 5.75 Å². The third-order valence-corrected chi connectivity index (χ3v) is 6.92. The van der Waals surface area contributed by atoms with Crippen molar-refractivity contribution < 1.29 is 37.4 Å². The van der Waals surface area contributed by atoms with Crippen LogP contribution in [0.25, 0.3) is 0 Å². The topological polar surface area (TPSA) is 134 Å². The Labute approximate surface area is 206 Å². The number of guanidine groups is 1. The molecule has 198 valence electrons. The second-order valence-corrected chi connectivity index (χ2v) is 9.22. The lowest BCUT2D eigenvalue weighted by Gasteiger charge is -2.36. The van der Waals surface area contributed by atoms with Gasteiger partial charge in [0.05, 0.1) is 24.6 Å². The Morgan fingerprint density at radius 2 is 1.92 bits per heavy atom. The summed E-state index contributed by atoms with van der Waals surface area (Å²) in [5.41, 5.74) is 6.80. The summed E-state index contributed by atoms with van der Waals surface area (Å²) in [6.07, 6.45) is -1.56. The monoisotopic (exact) mass is 512 g/mol. The molecule has 0 aromatic heterocycles. The first-order valence-electron chi connectivity index (χ1n) is 11.9. The number of rotatable bonds is 6. The first-order valence-corrected chi connectivity index (χ1v) is 11.9. The number of benzene rings is 1. The summed E-state index contributed by atoms with van der Waals surface area (Å²) in [4.78, 5) is 40.6. The molecule has 9 nitrogen and oxygen atoms in total. The molecule has 1 fully saturated rings. The molecule has 0 spiro atoms. The van der Waals surface area contributed by atoms with E-state index in [2.05, 4.69) is 10.3 Å². The summed E-state index contributed by atoms with van der Waals surface area (Å²) in [7, 11) is 0. The Morgan fingerprint density at radius 3 is 2.50 bits per heavy atom. The highest BCUT2D eigenvalue weighted by Gasteiger charge is 2.47. The van der Waals surface area contributed by atoms with Gasteiger partial charge in [-0.3, -0.25) is 14.5 Å². The van der Waals surface area contributed by atoms with Crippen molar-refractivity contribution in [1.29, 1.82) is 0 Å². The molecular formula is C24H31F3N4O5. The molecule has 3 atom stereocenters. The van der Waals surface area contributed by atoms with Gasteiger partial charge in [-0.2, -0.15) is 13.2 Å². The second-order valence-electron chi connectivity index (χ2n) is 9.22. The zero-order valence-electron chi connectivity index (χ0n) is 20.2. The van der Waals surface area contributed by atoms with Gasteiger partial charge < -0.3 is 20.9 Å². The summed E-state index contributed by atoms with van der Waals surface area (Å²) >= 11 is 0. The van der Waals surface area contributed by atoms with E-state index >= 15 is 0 Å². The zero-order chi connectivity index (χ0) is 26.7. The highest BCUT2D eigenvalue weighted by atomic mass is 19.4. The van der Waals surface area contributed by atoms with Crippen LogP contribution >= 0.6 is 0 Å². The molecule has 2 amide bonds. The van der Waals surface area contributed by atoms with E-state index in [1.165, 1.54) is 0 Å². The Hall–Kier alpha value is -3.31. The van der Waals surface area contributed by atoms with Crippen LogP contribution in [0.4, 0.5) is 13.2 Å². The van der Waals surface area contributed by atoms with Gasteiger partial charge in [-0.05, 0) is 31.2 Å². The number of para-hydroxylation sites is 1. The minimum absolute atomic E-state index is 0.0191. The maximum absolute atomic E-state index is 12.8. The Bertz CT molecular complexity index is 1030. The number of carboxylic acids is 1. The van der Waals surface area contributed by atoms with Crippen LogP contribution in [-0.2, 0) is 14.4 Å². The lowest BCUT2D eigenvalue weighted by molar-refractivity contribution is -0.192. The number of aliphatic imine (C=N–C) groups is 1. The molecule has 1 aromatic carbocycles. The van der Waals surface area contributed by atoms with Gasteiger partial charge in [0.2, 0.25) is 11.8 Å². The Balaban J connectivity index is 0.000000454. The molecule has 36 heavy (non-hydrogen) atoms. The fourth-order valence-electron chi connectivity index (χ4n) is 4.48. The molecule has 1 aliphatic carbocycles. The van der Waals surface area contributed by atoms with Crippen LogP contribution < -0.4 is 15.8 Å². The van der Waals surface area contributed by atoms with Crippen molar-refractivity contribution in [3.63, 3.8) is 0 Å². The van der Waals surface area contributed by atoms with E-state index < -0.39 is 12.1 Å². The van der Waals surface area contributed by atoms with Crippen molar-refractivity contribution in [3.05, 3.63) is 29.8 Å². The molecule has 0 radical (unpaired) electrons. The van der Waals surface area contributed by atoms with E-state index in [9.17, 15) is 22.8 Å². The first kappa shape index (κ1) is 27.3. The lowest BCUT2D eigenvalue weighted by Crippen LogP contribution is -2.52. The fraction of sp³-hybridized carbons (Fsp3) is 0.583. The van der Waals surface area contributed by atoms with E-state index in [1.807, 2.05) is 38.1 Å². The summed E-state index contributed by atoms with van der Waals surface area (Å²) in [5, 5.41) is 10.3. The molecule has 4 N–H and O–H groups in total. The van der Waals surface area contributed by atoms with Gasteiger partial charge in [0, 0.05) is 24.4 Å². The van der Waals surface area contributed by atoms with E-state index in [-0.39, 0.29) is 35.2 Å². The van der Waals surface area contributed by atoms with Crippen molar-refractivity contribution >= 4 is 23.7 Å². The number of hydrogen-bond donors (Lipinski definition) is 3. The van der Waals surface area contributed by atoms with Crippen molar-refractivity contribution in [2.24, 2.45) is 22.6 Å². The first-order chi connectivity index (χ1) is 16.9. The van der Waals surface area contributed by atoms with Gasteiger partial charge >= 0.3 is 12.1 Å². The van der Waals surface area contributed by atoms with Gasteiger partial charge in [0.15, 0.2) is 5.96 Å². The van der Waals surface area contributed by atoms with E-state index in [1.54, 1.807) is 4.90 Å². The fourth-order valence-corrected chi connectivity index (χ4v) is 4.48. The van der Waals surface area contributed by atoms with Gasteiger partial charge in [-0.25, -0.2) is 9.79 Å². The highest BCUT2D eigenvalue weighted by Crippen LogP contribution is 2.41. The van der Waals surface area contributed by atoms with Crippen molar-refractivity contribution in [2.45, 2.75) is 63.7 Å². The molecule has 0 unspecified atom stereocenters. The maximum Gasteiger partial charge on any atom is 0.490 e. The van der Waals surface area contributed by atoms with Gasteiger partial charge in [-0.1, -0.05) is 32.0 Å². The van der Waals surface area contributed by atoms with Crippen molar-refractivity contribution in [2.75, 3.05) is 13.2 Å². The number of carbonyl (C=O) groups is 3. The lowest BCUT2D eigenvalue weighted by atomic mass is 9.88. The van der Waals surface area contributed by atoms with E-state index in [0.29, 0.717) is 25.5 Å². The van der Waals surface area contributed by atoms with Crippen LogP contribution in [0.1, 0.15) is 57.6 Å². The van der Waals surface area contributed by atoms with Crippen LogP contribution in [-0.4, -0.2) is 58.6 Å². The predicted octanol–water partition coefficient (Wildman–Crippen LogP) is 3.00. The van der Waals surface area contributed by atoms with Gasteiger partial charge in [0.25, 0.3) is 0 Å². The number of halogens is 3. The third-order valence-electron chi connectivity index (χ3n) is 6.92. The smallest absolute Gasteiger partial charge is 0.490 e. The quantitative estimate of drug-likeness (QED) is 0.537. The molecule has 1 saturated carbocycles. The number of aliphatic carboxylic acids is 1. The van der Waals surface area contributed by atoms with Crippen LogP contribution in [0, 0.1) is 11.8 Å². The summed E-state index contributed by atoms with van der Waals surface area (Å²) in [6, 6.07) is 7.81. The van der Waals surface area contributed by atoms with Gasteiger partial charge in [-0.15, -0.1) is 0 Å². The highest BCUT2D eigenvalue weighted by molar-refractivity contribution is 5.99. The number of hydrogen-bond acceptors (Lipinski definition) is 6. The average molecular weight is 513 g/mol. The molecule has 0 bridgehead atoms. The van der Waals surface area contributed by atoms with Crippen LogP contribution in [0.3, 0.4) is 0 Å². The normalized spacial score (nSPS) is 24.4. The third kappa shape index (κ3) is 6.27. The van der Waals surface area contributed by atoms with Crippen molar-refractivity contribution in [1.82, 2.24) is 10.2 Å². The van der Waals surface area contributed by atoms with Crippen LogP contribution in [0.15, 0.2) is 29.3 Å². The molecule has 0 saturated heterocycles. The second kappa shape index (κ2) is 10.8. The molecule has 3 aliphatic rings. The maximum atomic E-state index is 12.8. The molecule has 1 aromatic rings. The number of nitrogens with two attached hydrogens (primary N) is 1. The standard InChI is InChI=1S/C22H30N4O3.C2HF3O2/c1-3-22(4-2)12-19(27)26(21(23)25-22)13-14-11-16(14)20(28)24-17-9-10-29-18-8-6-5-7-15(17)18;3-2(4,5)1(6)7/h5-8,14,16-17H,3-4,9-13H2,1-2H3,(H2,23,25)(H,24,28);(H,6,7)/t14-,16+,17-;/m1./s1. The number of ether oxygens (including phenoxy) is 1. The minimum atomic E-state index is -5.08. The Morgan fingerprint density at radius 1 is 1.28 bits per heavy atom. The number of carbonyl (C=O) groups excluding carboxylic acids is 2. The number of fused-ring (bicyclic) bond motifs is 1. The SMILES string of the molecule is CCC1(CC)CC(=O)N(C[C@H]2C[C@@H]2C(=O)N[C@@H]2CCOc3ccccc32)C(N)=N1.O=C(O)C(F)(F)F. The number of nitrogens with one attached hydrogen (secondary N) is 1. The molecule has 4 rings (SSSR count). The number of amides is 2. The van der Waals surface area contributed by atoms with Crippen LogP contribution in [0.2, 0.25) is 0 Å². The molecular weight excluding hydrogens is 481 g/mol. The Kier molecular flexibility index (Phi) is 8.15. The number of carboxylic acid groups (broad SMARTS) is 1. The van der Waals surface area contributed by atoms with Crippen molar-refractivity contribution in [3.8, 4) is 5.75 Å². The number of alkyl halides is 3. The summed E-state index contributed by atoms with van der Waals surface area (Å²) in [6.45, 7) is 5.15. The molecule has 2 aliphatic heterocycles. The molecule has 2 heterocycles.